The molecule has 1 aromatic heterocycles. The lowest BCUT2D eigenvalue weighted by Crippen LogP contribution is -2.47. The number of aryl methyl sites for hydroxylation is 1. The van der Waals surface area contributed by atoms with Crippen molar-refractivity contribution < 1.29 is 4.57 Å². The van der Waals surface area contributed by atoms with Crippen LogP contribution in [0.1, 0.15) is 75.0 Å². The topological polar surface area (TPSA) is 3.88 Å². The molecule has 3 atom stereocenters. The fourth-order valence-corrected chi connectivity index (χ4v) is 7.75. The number of hydrogen-bond donors (Lipinski definition) is 0. The first-order valence-corrected chi connectivity index (χ1v) is 14.6. The van der Waals surface area contributed by atoms with Crippen molar-refractivity contribution in [2.75, 3.05) is 0 Å². The van der Waals surface area contributed by atoms with E-state index in [-0.39, 0.29) is 17.9 Å². The molecular weight excluding hydrogens is 494 g/mol. The molecule has 0 bridgehead atoms. The van der Waals surface area contributed by atoms with Crippen LogP contribution in [0.3, 0.4) is 0 Å². The van der Waals surface area contributed by atoms with Gasteiger partial charge in [0.25, 0.3) is 0 Å². The molecule has 0 saturated heterocycles. The van der Waals surface area contributed by atoms with Crippen LogP contribution < -0.4 is 4.57 Å². The van der Waals surface area contributed by atoms with Gasteiger partial charge < -0.3 is 0 Å². The zero-order chi connectivity index (χ0) is 27.7. The number of pyridine rings is 1. The predicted molar refractivity (Wildman–Crippen MR) is 169 cm³/mol. The third kappa shape index (κ3) is 3.39. The molecule has 0 fully saturated rings. The Bertz CT molecular complexity index is 1980. The van der Waals surface area contributed by atoms with Gasteiger partial charge in [-0.05, 0) is 67.8 Å². The lowest BCUT2D eigenvalue weighted by Gasteiger charge is -2.30. The van der Waals surface area contributed by atoms with E-state index in [0.29, 0.717) is 0 Å². The molecule has 1 nitrogen and oxygen atoms in total. The maximum atomic E-state index is 4.28. The molecule has 2 unspecified atom stereocenters. The van der Waals surface area contributed by atoms with Gasteiger partial charge in [-0.25, -0.2) is 0 Å². The van der Waals surface area contributed by atoms with Crippen molar-refractivity contribution in [1.82, 2.24) is 0 Å². The van der Waals surface area contributed by atoms with Gasteiger partial charge in [0.05, 0.1) is 5.92 Å². The molecule has 0 amide bonds. The zero-order valence-corrected chi connectivity index (χ0v) is 23.5. The molecule has 5 aromatic carbocycles. The van der Waals surface area contributed by atoms with Crippen LogP contribution in [0.25, 0.3) is 28.0 Å². The van der Waals surface area contributed by atoms with E-state index in [2.05, 4.69) is 153 Å². The highest BCUT2D eigenvalue weighted by Crippen LogP contribution is 2.56. The van der Waals surface area contributed by atoms with Crippen molar-refractivity contribution in [2.45, 2.75) is 31.7 Å². The van der Waals surface area contributed by atoms with Crippen molar-refractivity contribution in [2.24, 2.45) is 0 Å². The SMILES string of the molecule is C=Cc1c(C)ccc2ccc3c(c12)-c1c(ccc2c1C(C)[n+]1ccccc1C2c1ccccc1)[C@@H]3c1ccccc1. The van der Waals surface area contributed by atoms with Crippen molar-refractivity contribution in [1.29, 1.82) is 0 Å². The quantitative estimate of drug-likeness (QED) is 0.202. The van der Waals surface area contributed by atoms with Gasteiger partial charge in [0.1, 0.15) is 0 Å². The molecule has 2 heterocycles. The highest BCUT2D eigenvalue weighted by Gasteiger charge is 2.43. The molecule has 1 heteroatoms. The predicted octanol–water partition coefficient (Wildman–Crippen LogP) is 9.34. The van der Waals surface area contributed by atoms with Gasteiger partial charge in [0, 0.05) is 30.5 Å². The van der Waals surface area contributed by atoms with Gasteiger partial charge in [0.15, 0.2) is 17.9 Å². The van der Waals surface area contributed by atoms with Crippen LogP contribution in [-0.4, -0.2) is 0 Å². The molecule has 0 saturated carbocycles. The lowest BCUT2D eigenvalue weighted by molar-refractivity contribution is -0.720. The van der Waals surface area contributed by atoms with Gasteiger partial charge >= 0.3 is 0 Å². The van der Waals surface area contributed by atoms with E-state index in [4.69, 9.17) is 0 Å². The van der Waals surface area contributed by atoms with Crippen molar-refractivity contribution in [3.63, 3.8) is 0 Å². The summed E-state index contributed by atoms with van der Waals surface area (Å²) in [6.07, 6.45) is 4.33. The summed E-state index contributed by atoms with van der Waals surface area (Å²) in [5, 5.41) is 2.61. The normalized spacial score (nSPS) is 18.3. The summed E-state index contributed by atoms with van der Waals surface area (Å²) in [5.74, 6) is 0.363. The first kappa shape index (κ1) is 24.1. The standard InChI is InChI=1S/C40H32N/c1-4-30-25(2)18-19-29-20-21-32-36(27-13-7-5-8-14-27)33-23-22-31-35(39(33)40(32)38(29)30)26(3)41-24-12-11-17-34(41)37(31)28-15-9-6-10-16-28/h4-24,26,36-37H,1H2,2-3H3/q+1/t26?,36-,37?/m1/s1. The molecule has 6 aromatic rings. The molecule has 196 valence electrons. The van der Waals surface area contributed by atoms with Gasteiger partial charge in [-0.1, -0.05) is 116 Å². The second-order valence-corrected chi connectivity index (χ2v) is 11.6. The van der Waals surface area contributed by atoms with Gasteiger partial charge in [0.2, 0.25) is 0 Å². The second kappa shape index (κ2) is 9.14. The number of nitrogens with zero attached hydrogens (tertiary/aromatic N) is 1. The van der Waals surface area contributed by atoms with Crippen molar-refractivity contribution in [3.8, 4) is 11.1 Å². The summed E-state index contributed by atoms with van der Waals surface area (Å²) >= 11 is 0. The number of rotatable bonds is 3. The fraction of sp³-hybridized carbons (Fsp3) is 0.125. The van der Waals surface area contributed by atoms with E-state index in [0.717, 1.165) is 0 Å². The zero-order valence-electron chi connectivity index (χ0n) is 23.5. The van der Waals surface area contributed by atoms with E-state index in [9.17, 15) is 0 Å². The van der Waals surface area contributed by atoms with E-state index in [1.165, 1.54) is 72.1 Å². The summed E-state index contributed by atoms with van der Waals surface area (Å²) in [7, 11) is 0. The van der Waals surface area contributed by atoms with Crippen LogP contribution in [0.2, 0.25) is 0 Å². The molecule has 1 aliphatic heterocycles. The van der Waals surface area contributed by atoms with E-state index in [1.54, 1.807) is 0 Å². The second-order valence-electron chi connectivity index (χ2n) is 11.6. The highest BCUT2D eigenvalue weighted by molar-refractivity contribution is 6.08. The third-order valence-corrected chi connectivity index (χ3v) is 9.49. The molecule has 0 spiro atoms. The van der Waals surface area contributed by atoms with Crippen LogP contribution in [-0.2, 0) is 0 Å². The molecule has 0 N–H and O–H groups in total. The summed E-state index contributed by atoms with van der Waals surface area (Å²) < 4.78 is 2.50. The number of fused-ring (bicyclic) bond motifs is 8. The summed E-state index contributed by atoms with van der Waals surface area (Å²) in [6, 6.07) is 43.0. The molecule has 1 aliphatic carbocycles. The minimum atomic E-state index is 0.170. The first-order chi connectivity index (χ1) is 20.2. The summed E-state index contributed by atoms with van der Waals surface area (Å²) in [6.45, 7) is 8.87. The van der Waals surface area contributed by atoms with Gasteiger partial charge in [-0.2, -0.15) is 4.57 Å². The lowest BCUT2D eigenvalue weighted by atomic mass is 9.76. The number of hydrogen-bond acceptors (Lipinski definition) is 0. The van der Waals surface area contributed by atoms with Gasteiger partial charge in [-0.15, -0.1) is 0 Å². The first-order valence-electron chi connectivity index (χ1n) is 14.6. The number of aromatic nitrogens is 1. The van der Waals surface area contributed by atoms with Crippen LogP contribution >= 0.6 is 0 Å². The highest BCUT2D eigenvalue weighted by atomic mass is 15.0. The van der Waals surface area contributed by atoms with Crippen LogP contribution in [0.4, 0.5) is 0 Å². The Morgan fingerprint density at radius 1 is 0.634 bits per heavy atom. The van der Waals surface area contributed by atoms with Crippen molar-refractivity contribution >= 4 is 16.8 Å². The van der Waals surface area contributed by atoms with Crippen LogP contribution in [0, 0.1) is 6.92 Å². The Hall–Kier alpha value is -4.75. The van der Waals surface area contributed by atoms with E-state index < -0.39 is 0 Å². The van der Waals surface area contributed by atoms with Gasteiger partial charge in [-0.3, -0.25) is 0 Å². The Labute approximate surface area is 242 Å². The minimum absolute atomic E-state index is 0.170. The summed E-state index contributed by atoms with van der Waals surface area (Å²) in [4.78, 5) is 0. The fourth-order valence-electron chi connectivity index (χ4n) is 7.75. The summed E-state index contributed by atoms with van der Waals surface area (Å²) in [5.41, 5.74) is 15.0. The van der Waals surface area contributed by atoms with Crippen molar-refractivity contribution in [3.05, 3.63) is 178 Å². The maximum Gasteiger partial charge on any atom is 0.193 e. The Kier molecular flexibility index (Phi) is 5.37. The molecule has 41 heavy (non-hydrogen) atoms. The largest absolute Gasteiger partial charge is 0.195 e. The minimum Gasteiger partial charge on any atom is -0.195 e. The molecule has 2 aliphatic rings. The molecular formula is C40H32N+. The van der Waals surface area contributed by atoms with E-state index in [1.807, 2.05) is 0 Å². The molecule has 0 radical (unpaired) electrons. The Morgan fingerprint density at radius 2 is 1.24 bits per heavy atom. The molecule has 8 rings (SSSR count). The van der Waals surface area contributed by atoms with E-state index >= 15 is 0 Å². The van der Waals surface area contributed by atoms with Crippen LogP contribution in [0.5, 0.6) is 0 Å². The maximum absolute atomic E-state index is 4.28. The average Bonchev–Trinajstić information content (AvgIpc) is 3.36. The monoisotopic (exact) mass is 526 g/mol. The van der Waals surface area contributed by atoms with Crippen LogP contribution in [0.15, 0.2) is 128 Å². The Balaban J connectivity index is 1.53. The Morgan fingerprint density at radius 3 is 1.98 bits per heavy atom. The third-order valence-electron chi connectivity index (χ3n) is 9.49. The number of benzene rings is 5. The average molecular weight is 527 g/mol. The smallest absolute Gasteiger partial charge is 0.193 e.